The number of halogens is 3. The number of aliphatic hydroxyl groups is 1. The van der Waals surface area contributed by atoms with Crippen LogP contribution >= 0.6 is 0 Å². The lowest BCUT2D eigenvalue weighted by molar-refractivity contribution is -0.272. The molecular weight excluding hydrogens is 239 g/mol. The maximum atomic E-state index is 12.5. The Bertz CT molecular complexity index is 285. The van der Waals surface area contributed by atoms with Crippen molar-refractivity contribution < 1.29 is 28.2 Å². The SMILES string of the molecule is CC(CN1CCC(O)(C(F)(F)F)CC1)C(=O)O. The average Bonchev–Trinajstić information content (AvgIpc) is 2.19. The Balaban J connectivity index is 2.49. The molecule has 1 aliphatic rings. The summed E-state index contributed by atoms with van der Waals surface area (Å²) in [6.45, 7) is 1.84. The van der Waals surface area contributed by atoms with Crippen molar-refractivity contribution in [1.29, 1.82) is 0 Å². The first-order valence-corrected chi connectivity index (χ1v) is 5.40. The number of piperidine rings is 1. The van der Waals surface area contributed by atoms with Gasteiger partial charge >= 0.3 is 12.1 Å². The van der Waals surface area contributed by atoms with Gasteiger partial charge in [0.1, 0.15) is 0 Å². The number of carbonyl (C=O) groups is 1. The van der Waals surface area contributed by atoms with Crippen LogP contribution in [-0.2, 0) is 4.79 Å². The molecule has 2 N–H and O–H groups in total. The molecule has 0 aromatic rings. The molecule has 0 bridgehead atoms. The molecular formula is C10H16F3NO3. The first-order valence-electron chi connectivity index (χ1n) is 5.40. The molecule has 7 heteroatoms. The number of carboxylic acids is 1. The number of aliphatic carboxylic acids is 1. The van der Waals surface area contributed by atoms with Crippen LogP contribution in [0.15, 0.2) is 0 Å². The van der Waals surface area contributed by atoms with Crippen molar-refractivity contribution in [3.63, 3.8) is 0 Å². The van der Waals surface area contributed by atoms with Gasteiger partial charge in [0, 0.05) is 19.6 Å². The maximum Gasteiger partial charge on any atom is 0.417 e. The highest BCUT2D eigenvalue weighted by Gasteiger charge is 2.54. The van der Waals surface area contributed by atoms with Gasteiger partial charge in [-0.2, -0.15) is 13.2 Å². The Kier molecular flexibility index (Phi) is 4.03. The van der Waals surface area contributed by atoms with Crippen molar-refractivity contribution in [1.82, 2.24) is 4.90 Å². The summed E-state index contributed by atoms with van der Waals surface area (Å²) in [5.41, 5.74) is -2.62. The molecule has 0 radical (unpaired) electrons. The van der Waals surface area contributed by atoms with Crippen LogP contribution in [0.3, 0.4) is 0 Å². The second-order valence-corrected chi connectivity index (χ2v) is 4.57. The Morgan fingerprint density at radius 3 is 2.24 bits per heavy atom. The summed E-state index contributed by atoms with van der Waals surface area (Å²) < 4.78 is 37.4. The molecule has 1 aliphatic heterocycles. The number of hydrogen-bond acceptors (Lipinski definition) is 3. The number of alkyl halides is 3. The molecule has 1 rings (SSSR count). The zero-order chi connectivity index (χ0) is 13.3. The molecule has 0 aromatic heterocycles. The zero-order valence-electron chi connectivity index (χ0n) is 9.50. The van der Waals surface area contributed by atoms with Gasteiger partial charge in [-0.1, -0.05) is 6.92 Å². The highest BCUT2D eigenvalue weighted by Crippen LogP contribution is 2.38. The van der Waals surface area contributed by atoms with Gasteiger partial charge in [-0.3, -0.25) is 4.79 Å². The van der Waals surface area contributed by atoms with Gasteiger partial charge in [0.25, 0.3) is 0 Å². The van der Waals surface area contributed by atoms with Crippen LogP contribution in [0.2, 0.25) is 0 Å². The third kappa shape index (κ3) is 3.32. The molecule has 4 nitrogen and oxygen atoms in total. The quantitative estimate of drug-likeness (QED) is 0.792. The lowest BCUT2D eigenvalue weighted by Gasteiger charge is -2.39. The van der Waals surface area contributed by atoms with E-state index in [-0.39, 0.29) is 19.6 Å². The van der Waals surface area contributed by atoms with Crippen LogP contribution in [0.4, 0.5) is 13.2 Å². The summed E-state index contributed by atoms with van der Waals surface area (Å²) in [5.74, 6) is -1.59. The molecule has 0 amide bonds. The smallest absolute Gasteiger partial charge is 0.417 e. The predicted molar refractivity (Wildman–Crippen MR) is 53.5 cm³/mol. The molecule has 100 valence electrons. The van der Waals surface area contributed by atoms with E-state index >= 15 is 0 Å². The standard InChI is InChI=1S/C10H16F3NO3/c1-7(8(15)16)6-14-4-2-9(17,3-5-14)10(11,12)13/h7,17H,2-6H2,1H3,(H,15,16). The fraction of sp³-hybridized carbons (Fsp3) is 0.900. The summed E-state index contributed by atoms with van der Waals surface area (Å²) in [7, 11) is 0. The highest BCUT2D eigenvalue weighted by atomic mass is 19.4. The minimum atomic E-state index is -4.61. The van der Waals surface area contributed by atoms with Gasteiger partial charge in [0.2, 0.25) is 0 Å². The summed E-state index contributed by atoms with van der Waals surface area (Å²) >= 11 is 0. The van der Waals surface area contributed by atoms with Crippen LogP contribution in [0, 0.1) is 5.92 Å². The fourth-order valence-electron chi connectivity index (χ4n) is 1.85. The second kappa shape index (κ2) is 4.81. The minimum Gasteiger partial charge on any atom is -0.481 e. The van der Waals surface area contributed by atoms with E-state index in [1.54, 1.807) is 4.90 Å². The van der Waals surface area contributed by atoms with E-state index < -0.39 is 36.5 Å². The fourth-order valence-corrected chi connectivity index (χ4v) is 1.85. The van der Waals surface area contributed by atoms with E-state index in [2.05, 4.69) is 0 Å². The summed E-state index contributed by atoms with van der Waals surface area (Å²) in [4.78, 5) is 12.2. The van der Waals surface area contributed by atoms with Gasteiger partial charge in [0.05, 0.1) is 5.92 Å². The predicted octanol–water partition coefficient (Wildman–Crippen LogP) is 1.10. The minimum absolute atomic E-state index is 0.0631. The third-order valence-corrected chi connectivity index (χ3v) is 3.16. The van der Waals surface area contributed by atoms with Crippen molar-refractivity contribution in [3.8, 4) is 0 Å². The van der Waals surface area contributed by atoms with Gasteiger partial charge in [-0.15, -0.1) is 0 Å². The van der Waals surface area contributed by atoms with Gasteiger partial charge in [-0.05, 0) is 12.8 Å². The number of hydrogen-bond donors (Lipinski definition) is 2. The zero-order valence-corrected chi connectivity index (χ0v) is 9.50. The highest BCUT2D eigenvalue weighted by molar-refractivity contribution is 5.69. The van der Waals surface area contributed by atoms with E-state index in [0.717, 1.165) is 0 Å². The topological polar surface area (TPSA) is 60.8 Å². The Hall–Kier alpha value is -0.820. The van der Waals surface area contributed by atoms with Crippen LogP contribution in [0.25, 0.3) is 0 Å². The monoisotopic (exact) mass is 255 g/mol. The van der Waals surface area contributed by atoms with Gasteiger partial charge in [-0.25, -0.2) is 0 Å². The average molecular weight is 255 g/mol. The first kappa shape index (κ1) is 14.2. The Labute approximate surface area is 97.0 Å². The summed E-state index contributed by atoms with van der Waals surface area (Å²) in [6, 6.07) is 0. The molecule has 0 aromatic carbocycles. The van der Waals surface area contributed by atoms with Gasteiger partial charge in [0.15, 0.2) is 5.60 Å². The largest absolute Gasteiger partial charge is 0.481 e. The molecule has 1 unspecified atom stereocenters. The van der Waals surface area contributed by atoms with Crippen LogP contribution in [0.5, 0.6) is 0 Å². The first-order chi connectivity index (χ1) is 7.66. The van der Waals surface area contributed by atoms with Crippen molar-refractivity contribution >= 4 is 5.97 Å². The van der Waals surface area contributed by atoms with E-state index in [1.807, 2.05) is 0 Å². The number of carboxylic acid groups (broad SMARTS) is 1. The molecule has 0 saturated carbocycles. The molecule has 1 heterocycles. The Morgan fingerprint density at radius 2 is 1.88 bits per heavy atom. The molecule has 0 spiro atoms. The molecule has 1 fully saturated rings. The normalized spacial score (nSPS) is 23.4. The summed E-state index contributed by atoms with van der Waals surface area (Å²) in [6.07, 6.45) is -5.41. The third-order valence-electron chi connectivity index (χ3n) is 3.16. The number of nitrogens with zero attached hydrogens (tertiary/aromatic N) is 1. The molecule has 1 atom stereocenters. The molecule has 17 heavy (non-hydrogen) atoms. The van der Waals surface area contributed by atoms with Crippen LogP contribution in [0.1, 0.15) is 19.8 Å². The number of rotatable bonds is 3. The van der Waals surface area contributed by atoms with E-state index in [9.17, 15) is 23.1 Å². The lowest BCUT2D eigenvalue weighted by atomic mass is 9.90. The number of likely N-dealkylation sites (tertiary alicyclic amines) is 1. The lowest BCUT2D eigenvalue weighted by Crippen LogP contribution is -2.54. The maximum absolute atomic E-state index is 12.5. The van der Waals surface area contributed by atoms with Crippen molar-refractivity contribution in [2.45, 2.75) is 31.5 Å². The van der Waals surface area contributed by atoms with E-state index in [0.29, 0.717) is 0 Å². The summed E-state index contributed by atoms with van der Waals surface area (Å²) in [5, 5.41) is 18.1. The van der Waals surface area contributed by atoms with E-state index in [1.165, 1.54) is 6.92 Å². The Morgan fingerprint density at radius 1 is 1.41 bits per heavy atom. The molecule has 1 saturated heterocycles. The van der Waals surface area contributed by atoms with Crippen molar-refractivity contribution in [2.24, 2.45) is 5.92 Å². The van der Waals surface area contributed by atoms with Crippen molar-refractivity contribution in [3.05, 3.63) is 0 Å². The molecule has 0 aliphatic carbocycles. The van der Waals surface area contributed by atoms with Gasteiger partial charge < -0.3 is 15.1 Å². The van der Waals surface area contributed by atoms with E-state index in [4.69, 9.17) is 5.11 Å². The van der Waals surface area contributed by atoms with Crippen LogP contribution in [-0.4, -0.2) is 52.5 Å². The second-order valence-electron chi connectivity index (χ2n) is 4.57. The van der Waals surface area contributed by atoms with Crippen molar-refractivity contribution in [2.75, 3.05) is 19.6 Å². The van der Waals surface area contributed by atoms with Crippen LogP contribution < -0.4 is 0 Å².